The van der Waals surface area contributed by atoms with Crippen LogP contribution in [0.2, 0.25) is 0 Å². The van der Waals surface area contributed by atoms with Crippen LogP contribution in [0.1, 0.15) is 30.9 Å². The Morgan fingerprint density at radius 1 is 1.50 bits per heavy atom. The molecule has 1 unspecified atom stereocenters. The quantitative estimate of drug-likeness (QED) is 0.829. The Bertz CT molecular complexity index is 492. The Balaban J connectivity index is 2.29. The highest BCUT2D eigenvalue weighted by Gasteiger charge is 2.32. The molecule has 1 fully saturated rings. The van der Waals surface area contributed by atoms with Gasteiger partial charge in [-0.25, -0.2) is 0 Å². The molecule has 1 aliphatic carbocycles. The van der Waals surface area contributed by atoms with Crippen LogP contribution in [-0.4, -0.2) is 31.4 Å². The largest absolute Gasteiger partial charge is 0.392 e. The first-order valence-electron chi connectivity index (χ1n) is 7.10. The third-order valence-corrected chi connectivity index (χ3v) is 4.01. The lowest BCUT2D eigenvalue weighted by atomic mass is 10.1. The predicted molar refractivity (Wildman–Crippen MR) is 78.5 cm³/mol. The zero-order chi connectivity index (χ0) is 14.5. The van der Waals surface area contributed by atoms with Gasteiger partial charge < -0.3 is 14.7 Å². The molecular weight excluding hydrogens is 252 g/mol. The number of ether oxygens (including phenoxy) is 1. The summed E-state index contributed by atoms with van der Waals surface area (Å²) in [5, 5.41) is 18.6. The molecule has 0 heterocycles. The molecule has 1 aliphatic rings. The average Bonchev–Trinajstić information content (AvgIpc) is 3.32. The highest BCUT2D eigenvalue weighted by atomic mass is 16.5. The predicted octanol–water partition coefficient (Wildman–Crippen LogP) is 2.30. The fraction of sp³-hybridized carbons (Fsp3) is 0.562. The number of hydrogen-bond acceptors (Lipinski definition) is 4. The number of methoxy groups -OCH3 is 1. The molecule has 1 saturated carbocycles. The molecule has 1 aromatic rings. The van der Waals surface area contributed by atoms with E-state index in [1.807, 2.05) is 12.1 Å². The maximum atomic E-state index is 9.36. The van der Waals surface area contributed by atoms with E-state index >= 15 is 0 Å². The van der Waals surface area contributed by atoms with Crippen molar-refractivity contribution in [1.29, 1.82) is 5.26 Å². The molecule has 0 aromatic heterocycles. The van der Waals surface area contributed by atoms with E-state index in [-0.39, 0.29) is 6.61 Å². The Morgan fingerprint density at radius 3 is 2.80 bits per heavy atom. The van der Waals surface area contributed by atoms with Gasteiger partial charge in [0.15, 0.2) is 0 Å². The van der Waals surface area contributed by atoms with Crippen molar-refractivity contribution >= 4 is 5.69 Å². The van der Waals surface area contributed by atoms with Crippen LogP contribution in [0.5, 0.6) is 0 Å². The van der Waals surface area contributed by atoms with E-state index < -0.39 is 0 Å². The van der Waals surface area contributed by atoms with Crippen LogP contribution < -0.4 is 4.90 Å². The monoisotopic (exact) mass is 274 g/mol. The summed E-state index contributed by atoms with van der Waals surface area (Å²) in [6, 6.07) is 8.26. The van der Waals surface area contributed by atoms with Crippen molar-refractivity contribution in [3.63, 3.8) is 0 Å². The molecule has 1 N–H and O–H groups in total. The molecule has 4 nitrogen and oxygen atoms in total. The highest BCUT2D eigenvalue weighted by Crippen LogP contribution is 2.37. The Labute approximate surface area is 120 Å². The SMILES string of the molecule is COCCN(c1ccc(CO)cc1C#N)C(C)C1CC1. The fourth-order valence-electron chi connectivity index (χ4n) is 2.59. The summed E-state index contributed by atoms with van der Waals surface area (Å²) >= 11 is 0. The summed E-state index contributed by atoms with van der Waals surface area (Å²) in [7, 11) is 1.69. The lowest BCUT2D eigenvalue weighted by Crippen LogP contribution is -2.37. The van der Waals surface area contributed by atoms with Gasteiger partial charge in [0.2, 0.25) is 0 Å². The van der Waals surface area contributed by atoms with Crippen molar-refractivity contribution in [3.05, 3.63) is 29.3 Å². The van der Waals surface area contributed by atoms with Crippen LogP contribution >= 0.6 is 0 Å². The first kappa shape index (κ1) is 14.8. The second kappa shape index (κ2) is 6.74. The smallest absolute Gasteiger partial charge is 0.101 e. The minimum absolute atomic E-state index is 0.0365. The van der Waals surface area contributed by atoms with E-state index in [0.29, 0.717) is 18.2 Å². The fourth-order valence-corrected chi connectivity index (χ4v) is 2.59. The van der Waals surface area contributed by atoms with E-state index in [2.05, 4.69) is 17.9 Å². The summed E-state index contributed by atoms with van der Waals surface area (Å²) in [6.45, 7) is 3.60. The third kappa shape index (κ3) is 3.30. The molecule has 0 aliphatic heterocycles. The van der Waals surface area contributed by atoms with Gasteiger partial charge in [-0.3, -0.25) is 0 Å². The second-order valence-corrected chi connectivity index (χ2v) is 5.39. The van der Waals surface area contributed by atoms with E-state index in [9.17, 15) is 10.4 Å². The van der Waals surface area contributed by atoms with Crippen LogP contribution in [0.4, 0.5) is 5.69 Å². The van der Waals surface area contributed by atoms with Crippen molar-refractivity contribution in [1.82, 2.24) is 0 Å². The summed E-state index contributed by atoms with van der Waals surface area (Å²) in [6.07, 6.45) is 2.53. The van der Waals surface area contributed by atoms with Crippen LogP contribution in [0, 0.1) is 17.2 Å². The molecule has 0 amide bonds. The third-order valence-electron chi connectivity index (χ3n) is 4.01. The number of benzene rings is 1. The highest BCUT2D eigenvalue weighted by molar-refractivity contribution is 5.61. The summed E-state index contributed by atoms with van der Waals surface area (Å²) in [5.74, 6) is 0.718. The van der Waals surface area contributed by atoms with Crippen molar-refractivity contribution in [2.45, 2.75) is 32.4 Å². The zero-order valence-corrected chi connectivity index (χ0v) is 12.2. The number of aliphatic hydroxyl groups is 1. The standard InChI is InChI=1S/C16H22N2O2/c1-12(14-4-5-14)18(7-8-20-2)16-6-3-13(11-19)9-15(16)10-17/h3,6,9,12,14,19H,4-5,7-8,11H2,1-2H3. The van der Waals surface area contributed by atoms with Gasteiger partial charge in [0.25, 0.3) is 0 Å². The number of aliphatic hydroxyl groups excluding tert-OH is 1. The lowest BCUT2D eigenvalue weighted by molar-refractivity contribution is 0.202. The maximum absolute atomic E-state index is 9.36. The van der Waals surface area contributed by atoms with Gasteiger partial charge in [-0.1, -0.05) is 6.07 Å². The van der Waals surface area contributed by atoms with Gasteiger partial charge in [0, 0.05) is 19.7 Å². The van der Waals surface area contributed by atoms with E-state index in [1.165, 1.54) is 12.8 Å². The topological polar surface area (TPSA) is 56.5 Å². The normalized spacial score (nSPS) is 15.7. The number of nitrogens with zero attached hydrogens (tertiary/aromatic N) is 2. The van der Waals surface area contributed by atoms with Gasteiger partial charge in [-0.05, 0) is 43.4 Å². The Hall–Kier alpha value is -1.57. The molecule has 1 atom stereocenters. The van der Waals surface area contributed by atoms with Crippen molar-refractivity contribution in [2.24, 2.45) is 5.92 Å². The zero-order valence-electron chi connectivity index (χ0n) is 12.2. The number of nitriles is 1. The maximum Gasteiger partial charge on any atom is 0.101 e. The van der Waals surface area contributed by atoms with Crippen LogP contribution in [-0.2, 0) is 11.3 Å². The van der Waals surface area contributed by atoms with Gasteiger partial charge in [-0.15, -0.1) is 0 Å². The molecule has 1 aromatic carbocycles. The van der Waals surface area contributed by atoms with E-state index in [0.717, 1.165) is 23.7 Å². The summed E-state index contributed by atoms with van der Waals surface area (Å²) in [4.78, 5) is 2.26. The number of hydrogen-bond donors (Lipinski definition) is 1. The number of anilines is 1. The first-order valence-corrected chi connectivity index (χ1v) is 7.10. The van der Waals surface area contributed by atoms with Gasteiger partial charge in [0.05, 0.1) is 24.5 Å². The molecule has 4 heteroatoms. The summed E-state index contributed by atoms with van der Waals surface area (Å²) < 4.78 is 5.20. The second-order valence-electron chi connectivity index (χ2n) is 5.39. The first-order chi connectivity index (χ1) is 9.71. The van der Waals surface area contributed by atoms with E-state index in [4.69, 9.17) is 4.74 Å². The minimum atomic E-state index is -0.0365. The Kier molecular flexibility index (Phi) is 4.99. The lowest BCUT2D eigenvalue weighted by Gasteiger charge is -2.32. The van der Waals surface area contributed by atoms with Crippen molar-refractivity contribution in [3.8, 4) is 6.07 Å². The van der Waals surface area contributed by atoms with Gasteiger partial charge in [0.1, 0.15) is 6.07 Å². The van der Waals surface area contributed by atoms with Crippen molar-refractivity contribution < 1.29 is 9.84 Å². The molecule has 0 saturated heterocycles. The van der Waals surface area contributed by atoms with Crippen molar-refractivity contribution in [2.75, 3.05) is 25.2 Å². The molecule has 0 radical (unpaired) electrons. The summed E-state index contributed by atoms with van der Waals surface area (Å²) in [5.41, 5.74) is 2.34. The number of rotatable bonds is 7. The molecule has 20 heavy (non-hydrogen) atoms. The molecule has 0 bridgehead atoms. The van der Waals surface area contributed by atoms with Crippen LogP contribution in [0.25, 0.3) is 0 Å². The van der Waals surface area contributed by atoms with E-state index in [1.54, 1.807) is 13.2 Å². The average molecular weight is 274 g/mol. The molecule has 2 rings (SSSR count). The molecule has 108 valence electrons. The molecule has 0 spiro atoms. The molecular formula is C16H22N2O2. The van der Waals surface area contributed by atoms with Gasteiger partial charge in [-0.2, -0.15) is 5.26 Å². The van der Waals surface area contributed by atoms with Crippen LogP contribution in [0.15, 0.2) is 18.2 Å². The Morgan fingerprint density at radius 2 is 2.25 bits per heavy atom. The van der Waals surface area contributed by atoms with Gasteiger partial charge >= 0.3 is 0 Å². The minimum Gasteiger partial charge on any atom is -0.392 e. The van der Waals surface area contributed by atoms with Crippen LogP contribution in [0.3, 0.4) is 0 Å².